The molecule has 0 radical (unpaired) electrons. The number of carbonyl (C=O) groups excluding carboxylic acids is 1. The zero-order valence-corrected chi connectivity index (χ0v) is 18.9. The number of benzene rings is 2. The van der Waals surface area contributed by atoms with Gasteiger partial charge in [-0.25, -0.2) is 8.42 Å². The number of likely N-dealkylation sites (N-methyl/N-ethyl adjacent to an activating group) is 1. The van der Waals surface area contributed by atoms with E-state index in [2.05, 4.69) is 10.0 Å². The fourth-order valence-electron chi connectivity index (χ4n) is 3.21. The van der Waals surface area contributed by atoms with Gasteiger partial charge in [0.05, 0.1) is 17.2 Å². The number of rotatable bonds is 8. The van der Waals surface area contributed by atoms with Crippen LogP contribution in [0.1, 0.15) is 33.3 Å². The van der Waals surface area contributed by atoms with Crippen LogP contribution in [0.4, 0.5) is 5.69 Å². The molecule has 1 atom stereocenters. The number of aryl methyl sites for hydroxylation is 2. The number of hydrogen-bond acceptors (Lipinski definition) is 5. The largest absolute Gasteiger partial charge is 0.468 e. The summed E-state index contributed by atoms with van der Waals surface area (Å²) in [5.74, 6) is 0.517. The molecule has 0 fully saturated rings. The number of nitrogens with one attached hydrogen (secondary N) is 2. The predicted octanol–water partition coefficient (Wildman–Crippen LogP) is 3.73. The minimum Gasteiger partial charge on any atom is -0.468 e. The molecule has 1 amide bonds. The number of hydrogen-bond donors (Lipinski definition) is 2. The molecule has 0 saturated heterocycles. The normalized spacial score (nSPS) is 12.5. The third kappa shape index (κ3) is 5.53. The zero-order chi connectivity index (χ0) is 22.6. The molecule has 8 heteroatoms. The SMILES string of the molecule is Cc1ccc(C)c(S(=O)(=O)Nc2ccc(C(=O)NC[C@H](c3ccco3)N(C)C)cc2)c1. The molecule has 31 heavy (non-hydrogen) atoms. The number of nitrogens with zero attached hydrogens (tertiary/aromatic N) is 1. The quantitative estimate of drug-likeness (QED) is 0.556. The summed E-state index contributed by atoms with van der Waals surface area (Å²) in [6.07, 6.45) is 1.60. The van der Waals surface area contributed by atoms with E-state index in [1.165, 1.54) is 0 Å². The fraction of sp³-hybridized carbons (Fsp3) is 0.261. The van der Waals surface area contributed by atoms with Gasteiger partial charge < -0.3 is 9.73 Å². The third-order valence-electron chi connectivity index (χ3n) is 4.98. The molecule has 0 aliphatic carbocycles. The van der Waals surface area contributed by atoms with Gasteiger partial charge in [0.1, 0.15) is 5.76 Å². The van der Waals surface area contributed by atoms with Crippen LogP contribution in [0.3, 0.4) is 0 Å². The van der Waals surface area contributed by atoms with Gasteiger partial charge >= 0.3 is 0 Å². The van der Waals surface area contributed by atoms with Crippen molar-refractivity contribution in [2.24, 2.45) is 0 Å². The van der Waals surface area contributed by atoms with Gasteiger partial charge in [0.25, 0.3) is 15.9 Å². The smallest absolute Gasteiger partial charge is 0.262 e. The maximum Gasteiger partial charge on any atom is 0.262 e. The average molecular weight is 442 g/mol. The Morgan fingerprint density at radius 1 is 1.06 bits per heavy atom. The van der Waals surface area contributed by atoms with Crippen LogP contribution in [0.5, 0.6) is 0 Å². The Morgan fingerprint density at radius 2 is 1.77 bits per heavy atom. The lowest BCUT2D eigenvalue weighted by Crippen LogP contribution is -2.34. The van der Waals surface area contributed by atoms with Crippen molar-refractivity contribution >= 4 is 21.6 Å². The van der Waals surface area contributed by atoms with E-state index in [0.29, 0.717) is 23.4 Å². The van der Waals surface area contributed by atoms with Crippen molar-refractivity contribution in [1.29, 1.82) is 0 Å². The molecular weight excluding hydrogens is 414 g/mol. The molecule has 2 N–H and O–H groups in total. The van der Waals surface area contributed by atoms with Crippen LogP contribution < -0.4 is 10.0 Å². The molecule has 1 aromatic heterocycles. The van der Waals surface area contributed by atoms with Crippen LogP contribution in [0, 0.1) is 13.8 Å². The molecule has 0 bridgehead atoms. The van der Waals surface area contributed by atoms with E-state index in [0.717, 1.165) is 11.3 Å². The molecule has 2 aromatic carbocycles. The fourth-order valence-corrected chi connectivity index (χ4v) is 4.60. The third-order valence-corrected chi connectivity index (χ3v) is 6.51. The molecule has 3 aromatic rings. The first-order valence-corrected chi connectivity index (χ1v) is 11.3. The van der Waals surface area contributed by atoms with E-state index in [-0.39, 0.29) is 16.8 Å². The van der Waals surface area contributed by atoms with Gasteiger partial charge in [0.2, 0.25) is 0 Å². The molecule has 7 nitrogen and oxygen atoms in total. The first-order valence-electron chi connectivity index (χ1n) is 9.85. The van der Waals surface area contributed by atoms with Gasteiger partial charge in [-0.15, -0.1) is 0 Å². The van der Waals surface area contributed by atoms with Crippen LogP contribution in [0.25, 0.3) is 0 Å². The van der Waals surface area contributed by atoms with Crippen molar-refractivity contribution in [3.8, 4) is 0 Å². The van der Waals surface area contributed by atoms with Crippen molar-refractivity contribution in [1.82, 2.24) is 10.2 Å². The minimum atomic E-state index is -3.72. The van der Waals surface area contributed by atoms with Crippen LogP contribution in [0.15, 0.2) is 70.2 Å². The molecule has 0 spiro atoms. The van der Waals surface area contributed by atoms with Crippen molar-refractivity contribution in [3.05, 3.63) is 83.3 Å². The van der Waals surface area contributed by atoms with E-state index >= 15 is 0 Å². The van der Waals surface area contributed by atoms with E-state index < -0.39 is 10.0 Å². The lowest BCUT2D eigenvalue weighted by Gasteiger charge is -2.22. The highest BCUT2D eigenvalue weighted by Gasteiger charge is 2.19. The Hall–Kier alpha value is -3.10. The average Bonchev–Trinajstić information content (AvgIpc) is 3.24. The lowest BCUT2D eigenvalue weighted by molar-refractivity contribution is 0.0939. The number of sulfonamides is 1. The first-order chi connectivity index (χ1) is 14.7. The summed E-state index contributed by atoms with van der Waals surface area (Å²) in [4.78, 5) is 14.7. The highest BCUT2D eigenvalue weighted by Crippen LogP contribution is 2.21. The van der Waals surface area contributed by atoms with Gasteiger partial charge in [-0.05, 0) is 81.5 Å². The summed E-state index contributed by atoms with van der Waals surface area (Å²) >= 11 is 0. The van der Waals surface area contributed by atoms with E-state index in [4.69, 9.17) is 4.42 Å². The second-order valence-electron chi connectivity index (χ2n) is 7.66. The lowest BCUT2D eigenvalue weighted by atomic mass is 10.1. The summed E-state index contributed by atoms with van der Waals surface area (Å²) in [6.45, 7) is 3.98. The Balaban J connectivity index is 1.67. The number of anilines is 1. The van der Waals surface area contributed by atoms with Gasteiger partial charge in [-0.3, -0.25) is 14.4 Å². The van der Waals surface area contributed by atoms with Crippen LogP contribution in [-0.4, -0.2) is 39.9 Å². The molecular formula is C23H27N3O4S. The number of amides is 1. The van der Waals surface area contributed by atoms with E-state index in [1.807, 2.05) is 44.1 Å². The van der Waals surface area contributed by atoms with Gasteiger partial charge in [0, 0.05) is 17.8 Å². The summed E-state index contributed by atoms with van der Waals surface area (Å²) in [5.41, 5.74) is 2.36. The molecule has 0 unspecified atom stereocenters. The van der Waals surface area contributed by atoms with Gasteiger partial charge in [-0.2, -0.15) is 0 Å². The monoisotopic (exact) mass is 441 g/mol. The molecule has 0 saturated carbocycles. The maximum atomic E-state index is 12.7. The topological polar surface area (TPSA) is 91.6 Å². The highest BCUT2D eigenvalue weighted by atomic mass is 32.2. The van der Waals surface area contributed by atoms with Crippen molar-refractivity contribution in [2.75, 3.05) is 25.4 Å². The predicted molar refractivity (Wildman–Crippen MR) is 121 cm³/mol. The minimum absolute atomic E-state index is 0.0948. The standard InChI is InChI=1S/C23H27N3O4S/c1-16-7-8-17(2)22(14-16)31(28,29)25-19-11-9-18(10-12-19)23(27)24-15-20(26(3)4)21-6-5-13-30-21/h5-14,20,25H,15H2,1-4H3,(H,24,27)/t20-/m1/s1. The molecule has 3 rings (SSSR count). The number of furan rings is 1. The maximum absolute atomic E-state index is 12.7. The molecule has 0 aliphatic rings. The Morgan fingerprint density at radius 3 is 2.39 bits per heavy atom. The Kier molecular flexibility index (Phi) is 6.82. The van der Waals surface area contributed by atoms with E-state index in [1.54, 1.807) is 49.6 Å². The molecule has 0 aliphatic heterocycles. The highest BCUT2D eigenvalue weighted by molar-refractivity contribution is 7.92. The summed E-state index contributed by atoms with van der Waals surface area (Å²) < 4.78 is 33.5. The molecule has 1 heterocycles. The number of carbonyl (C=O) groups is 1. The van der Waals surface area contributed by atoms with Crippen molar-refractivity contribution in [3.63, 3.8) is 0 Å². The van der Waals surface area contributed by atoms with Crippen LogP contribution in [0.2, 0.25) is 0 Å². The Bertz CT molecular complexity index is 1140. The van der Waals surface area contributed by atoms with Crippen molar-refractivity contribution < 1.29 is 17.6 Å². The first kappa shape index (κ1) is 22.6. The summed E-state index contributed by atoms with van der Waals surface area (Å²) in [6, 6.07) is 15.2. The van der Waals surface area contributed by atoms with Gasteiger partial charge in [0.15, 0.2) is 0 Å². The summed E-state index contributed by atoms with van der Waals surface area (Å²) in [5, 5.41) is 2.90. The second kappa shape index (κ2) is 9.36. The van der Waals surface area contributed by atoms with Crippen molar-refractivity contribution in [2.45, 2.75) is 24.8 Å². The van der Waals surface area contributed by atoms with Crippen LogP contribution in [-0.2, 0) is 10.0 Å². The Labute approximate surface area is 183 Å². The second-order valence-corrected chi connectivity index (χ2v) is 9.31. The van der Waals surface area contributed by atoms with Gasteiger partial charge in [-0.1, -0.05) is 12.1 Å². The zero-order valence-electron chi connectivity index (χ0n) is 18.0. The van der Waals surface area contributed by atoms with E-state index in [9.17, 15) is 13.2 Å². The summed E-state index contributed by atoms with van der Waals surface area (Å²) in [7, 11) is 0.104. The van der Waals surface area contributed by atoms with Crippen LogP contribution >= 0.6 is 0 Å². The molecule has 164 valence electrons.